The average Bonchev–Trinajstić information content (AvgIpc) is 2.26. The summed E-state index contributed by atoms with van der Waals surface area (Å²) in [5.74, 6) is 5.49. The lowest BCUT2D eigenvalue weighted by Gasteiger charge is -2.14. The first-order chi connectivity index (χ1) is 6.88. The topological polar surface area (TPSA) is 63.8 Å². The number of hydrazine groups is 1. The summed E-state index contributed by atoms with van der Waals surface area (Å²) in [6.07, 6.45) is 8.17. The third kappa shape index (κ3) is 3.40. The summed E-state index contributed by atoms with van der Waals surface area (Å²) in [4.78, 5) is 0. The summed E-state index contributed by atoms with van der Waals surface area (Å²) in [6, 6.07) is 2.15. The van der Waals surface area contributed by atoms with Gasteiger partial charge < -0.3 is 0 Å². The third-order valence-electron chi connectivity index (χ3n) is 2.31. The second-order valence-electron chi connectivity index (χ2n) is 3.39. The van der Waals surface area contributed by atoms with Gasteiger partial charge in [-0.2, -0.15) is 10.2 Å². The van der Waals surface area contributed by atoms with E-state index in [-0.39, 0.29) is 6.04 Å². The van der Waals surface area contributed by atoms with Crippen LogP contribution in [0.25, 0.3) is 0 Å². The Bertz CT molecular complexity index is 237. The van der Waals surface area contributed by atoms with Gasteiger partial charge in [-0.1, -0.05) is 26.2 Å². The fraction of sp³-hybridized carbons (Fsp3) is 0.600. The largest absolute Gasteiger partial charge is 0.271 e. The predicted molar refractivity (Wildman–Crippen MR) is 56.2 cm³/mol. The van der Waals surface area contributed by atoms with Crippen LogP contribution in [-0.4, -0.2) is 10.2 Å². The van der Waals surface area contributed by atoms with Gasteiger partial charge in [0.2, 0.25) is 0 Å². The minimum Gasteiger partial charge on any atom is -0.271 e. The Morgan fingerprint density at radius 2 is 2.29 bits per heavy atom. The number of aromatic nitrogens is 2. The molecule has 78 valence electrons. The van der Waals surface area contributed by atoms with E-state index in [2.05, 4.69) is 22.5 Å². The second kappa shape index (κ2) is 6.45. The van der Waals surface area contributed by atoms with E-state index in [1.807, 2.05) is 6.07 Å². The quantitative estimate of drug-likeness (QED) is 0.410. The first-order valence-electron chi connectivity index (χ1n) is 5.11. The summed E-state index contributed by atoms with van der Waals surface area (Å²) in [6.45, 7) is 2.19. The van der Waals surface area contributed by atoms with Crippen molar-refractivity contribution in [3.8, 4) is 0 Å². The van der Waals surface area contributed by atoms with Crippen molar-refractivity contribution in [2.24, 2.45) is 5.84 Å². The molecule has 1 unspecified atom stereocenters. The van der Waals surface area contributed by atoms with E-state index in [0.29, 0.717) is 0 Å². The molecule has 1 aromatic heterocycles. The maximum absolute atomic E-state index is 5.49. The van der Waals surface area contributed by atoms with Crippen molar-refractivity contribution in [3.63, 3.8) is 0 Å². The van der Waals surface area contributed by atoms with Gasteiger partial charge in [-0.3, -0.25) is 11.3 Å². The van der Waals surface area contributed by atoms with Gasteiger partial charge in [-0.05, 0) is 18.1 Å². The normalized spacial score (nSPS) is 12.7. The number of rotatable bonds is 6. The van der Waals surface area contributed by atoms with E-state index in [0.717, 1.165) is 12.0 Å². The number of nitrogens with one attached hydrogen (secondary N) is 1. The van der Waals surface area contributed by atoms with Crippen LogP contribution in [0, 0.1) is 0 Å². The number of nitrogens with zero attached hydrogens (tertiary/aromatic N) is 2. The SMILES string of the molecule is CCCCCC(NN)c1ccnnc1. The molecule has 0 saturated heterocycles. The number of unbranched alkanes of at least 4 members (excludes halogenated alkanes) is 2. The van der Waals surface area contributed by atoms with Gasteiger partial charge in [0.15, 0.2) is 0 Å². The zero-order chi connectivity index (χ0) is 10.2. The van der Waals surface area contributed by atoms with E-state index in [4.69, 9.17) is 5.84 Å². The molecule has 1 heterocycles. The van der Waals surface area contributed by atoms with Crippen LogP contribution in [0.4, 0.5) is 0 Å². The van der Waals surface area contributed by atoms with Crippen LogP contribution < -0.4 is 11.3 Å². The molecular weight excluding hydrogens is 176 g/mol. The highest BCUT2D eigenvalue weighted by atomic mass is 15.2. The van der Waals surface area contributed by atoms with E-state index < -0.39 is 0 Å². The van der Waals surface area contributed by atoms with Crippen LogP contribution >= 0.6 is 0 Å². The molecular formula is C10H18N4. The van der Waals surface area contributed by atoms with Gasteiger partial charge in [0.05, 0.1) is 6.20 Å². The summed E-state index contributed by atoms with van der Waals surface area (Å²) < 4.78 is 0. The fourth-order valence-electron chi connectivity index (χ4n) is 1.45. The molecule has 1 rings (SSSR count). The molecule has 1 aromatic rings. The molecule has 0 amide bonds. The molecule has 0 aliphatic heterocycles. The molecule has 0 saturated carbocycles. The van der Waals surface area contributed by atoms with Crippen LogP contribution in [0.2, 0.25) is 0 Å². The smallest absolute Gasteiger partial charge is 0.0544 e. The first kappa shape index (κ1) is 11.1. The monoisotopic (exact) mass is 194 g/mol. The highest BCUT2D eigenvalue weighted by Gasteiger charge is 2.08. The molecule has 0 aliphatic rings. The summed E-state index contributed by atoms with van der Waals surface area (Å²) in [5, 5.41) is 7.58. The highest BCUT2D eigenvalue weighted by molar-refractivity contribution is 5.10. The van der Waals surface area contributed by atoms with Crippen molar-refractivity contribution in [2.75, 3.05) is 0 Å². The molecule has 0 aromatic carbocycles. The molecule has 0 fully saturated rings. The molecule has 0 spiro atoms. The van der Waals surface area contributed by atoms with Crippen molar-refractivity contribution in [1.29, 1.82) is 0 Å². The van der Waals surface area contributed by atoms with Crippen molar-refractivity contribution < 1.29 is 0 Å². The molecule has 0 radical (unpaired) electrons. The fourth-order valence-corrected chi connectivity index (χ4v) is 1.45. The predicted octanol–water partition coefficient (Wildman–Crippen LogP) is 1.56. The van der Waals surface area contributed by atoms with Crippen molar-refractivity contribution in [2.45, 2.75) is 38.6 Å². The van der Waals surface area contributed by atoms with Crippen molar-refractivity contribution in [1.82, 2.24) is 15.6 Å². The highest BCUT2D eigenvalue weighted by Crippen LogP contribution is 2.17. The van der Waals surface area contributed by atoms with Crippen LogP contribution in [0.5, 0.6) is 0 Å². The van der Waals surface area contributed by atoms with Gasteiger partial charge in [0.25, 0.3) is 0 Å². The average molecular weight is 194 g/mol. The summed E-state index contributed by atoms with van der Waals surface area (Å²) in [5.41, 5.74) is 3.92. The Balaban J connectivity index is 2.46. The van der Waals surface area contributed by atoms with Crippen LogP contribution in [0.15, 0.2) is 18.5 Å². The van der Waals surface area contributed by atoms with Crippen LogP contribution in [0.3, 0.4) is 0 Å². The second-order valence-corrected chi connectivity index (χ2v) is 3.39. The third-order valence-corrected chi connectivity index (χ3v) is 2.31. The zero-order valence-corrected chi connectivity index (χ0v) is 8.61. The van der Waals surface area contributed by atoms with Gasteiger partial charge in [-0.15, -0.1) is 0 Å². The summed E-state index contributed by atoms with van der Waals surface area (Å²) >= 11 is 0. The van der Waals surface area contributed by atoms with Crippen molar-refractivity contribution in [3.05, 3.63) is 24.0 Å². The molecule has 1 atom stereocenters. The first-order valence-corrected chi connectivity index (χ1v) is 5.11. The lowest BCUT2D eigenvalue weighted by atomic mass is 10.0. The Labute approximate surface area is 84.9 Å². The van der Waals surface area contributed by atoms with Crippen LogP contribution in [-0.2, 0) is 0 Å². The Morgan fingerprint density at radius 3 is 2.86 bits per heavy atom. The van der Waals surface area contributed by atoms with Gasteiger partial charge in [-0.25, -0.2) is 0 Å². The van der Waals surface area contributed by atoms with E-state index in [9.17, 15) is 0 Å². The number of nitrogens with two attached hydrogens (primary N) is 1. The van der Waals surface area contributed by atoms with E-state index in [1.54, 1.807) is 12.4 Å². The Hall–Kier alpha value is -1.00. The van der Waals surface area contributed by atoms with E-state index >= 15 is 0 Å². The van der Waals surface area contributed by atoms with Crippen molar-refractivity contribution >= 4 is 0 Å². The zero-order valence-electron chi connectivity index (χ0n) is 8.61. The number of hydrogen-bond donors (Lipinski definition) is 2. The molecule has 0 bridgehead atoms. The lowest BCUT2D eigenvalue weighted by Crippen LogP contribution is -2.28. The molecule has 3 N–H and O–H groups in total. The van der Waals surface area contributed by atoms with Gasteiger partial charge in [0, 0.05) is 12.2 Å². The maximum Gasteiger partial charge on any atom is 0.0544 e. The molecule has 4 nitrogen and oxygen atoms in total. The molecule has 14 heavy (non-hydrogen) atoms. The standard InChI is InChI=1S/C10H18N4/c1-2-3-4-5-10(14-11)9-6-7-12-13-8-9/h6-8,10,14H,2-5,11H2,1H3. The van der Waals surface area contributed by atoms with Gasteiger partial charge in [0.1, 0.15) is 0 Å². The summed E-state index contributed by atoms with van der Waals surface area (Å²) in [7, 11) is 0. The van der Waals surface area contributed by atoms with Gasteiger partial charge >= 0.3 is 0 Å². The minimum atomic E-state index is 0.206. The van der Waals surface area contributed by atoms with Crippen LogP contribution in [0.1, 0.15) is 44.2 Å². The molecule has 0 aliphatic carbocycles. The Kier molecular flexibility index (Phi) is 5.11. The Morgan fingerprint density at radius 1 is 1.43 bits per heavy atom. The number of hydrogen-bond acceptors (Lipinski definition) is 4. The lowest BCUT2D eigenvalue weighted by molar-refractivity contribution is 0.485. The minimum absolute atomic E-state index is 0.206. The maximum atomic E-state index is 5.49. The molecule has 4 heteroatoms. The van der Waals surface area contributed by atoms with E-state index in [1.165, 1.54) is 19.3 Å².